The molecule has 0 aliphatic heterocycles. The van der Waals surface area contributed by atoms with Crippen molar-refractivity contribution in [3.05, 3.63) is 58.6 Å². The van der Waals surface area contributed by atoms with Gasteiger partial charge in [-0.3, -0.25) is 0 Å². The number of carboxylic acids is 1. The fraction of sp³-hybridized carbons (Fsp3) is 0.222. The molecule has 1 N–H and O–H groups in total. The zero-order valence-corrected chi connectivity index (χ0v) is 15.9. The molecule has 27 heavy (non-hydrogen) atoms. The molecule has 0 fully saturated rings. The first-order valence-electron chi connectivity index (χ1n) is 8.03. The van der Waals surface area contributed by atoms with Crippen LogP contribution in [0.2, 0.25) is 0 Å². The van der Waals surface area contributed by atoms with Crippen molar-refractivity contribution in [3.8, 4) is 0 Å². The molecule has 0 unspecified atom stereocenters. The minimum atomic E-state index is -1.08. The average molecular weight is 386 g/mol. The zero-order valence-electron chi connectivity index (χ0n) is 15.0. The first-order chi connectivity index (χ1) is 13.0. The number of hydrogen-bond acceptors (Lipinski definition) is 7. The number of thiazole rings is 1. The number of oxime groups is 1. The highest BCUT2D eigenvalue weighted by molar-refractivity contribution is 7.17. The number of aryl methyl sites for hydroxylation is 1. The van der Waals surface area contributed by atoms with Gasteiger partial charge in [0.1, 0.15) is 29.9 Å². The molecular weight excluding hydrogens is 368 g/mol. The third kappa shape index (κ3) is 3.82. The summed E-state index contributed by atoms with van der Waals surface area (Å²) in [7, 11) is 1.41. The van der Waals surface area contributed by atoms with Crippen molar-refractivity contribution in [1.29, 1.82) is 0 Å². The van der Waals surface area contributed by atoms with Gasteiger partial charge in [-0.2, -0.15) is 5.10 Å². The Bertz CT molecular complexity index is 1040. The fourth-order valence-electron chi connectivity index (χ4n) is 2.69. The number of benzene rings is 1. The predicted molar refractivity (Wildman–Crippen MR) is 102 cm³/mol. The lowest BCUT2D eigenvalue weighted by molar-refractivity contribution is -0.130. The average Bonchev–Trinajstić information content (AvgIpc) is 3.19. The van der Waals surface area contributed by atoms with Gasteiger partial charge in [0.2, 0.25) is 4.96 Å². The summed E-state index contributed by atoms with van der Waals surface area (Å²) >= 11 is 1.52. The van der Waals surface area contributed by atoms with Crippen LogP contribution in [0.4, 0.5) is 0 Å². The molecule has 9 heteroatoms. The Labute approximate surface area is 159 Å². The quantitative estimate of drug-likeness (QED) is 0.290. The van der Waals surface area contributed by atoms with Crippen LogP contribution >= 0.6 is 11.3 Å². The number of aliphatic carboxylic acids is 1. The first-order valence-corrected chi connectivity index (χ1v) is 8.85. The molecule has 0 bridgehead atoms. The largest absolute Gasteiger partial charge is 0.503 e. The van der Waals surface area contributed by atoms with Gasteiger partial charge in [-0.1, -0.05) is 40.8 Å². The third-order valence-corrected chi connectivity index (χ3v) is 4.80. The molecule has 0 saturated heterocycles. The lowest BCUT2D eigenvalue weighted by Gasteiger charge is -2.09. The molecule has 0 aliphatic carbocycles. The van der Waals surface area contributed by atoms with Crippen LogP contribution in [0, 0.1) is 6.92 Å². The standard InChI is InChI=1S/C18H18N4O4S/c1-11(16-12(2)27-18-19-10-20-22(16)18)21-26-8-13-6-4-5-7-14(13)15(9-25-3)17(23)24/h4-7,9-10H,8H2,1-3H3,(H,23,24). The maximum absolute atomic E-state index is 11.5. The monoisotopic (exact) mass is 386 g/mol. The van der Waals surface area contributed by atoms with Crippen LogP contribution in [-0.2, 0) is 21.0 Å². The van der Waals surface area contributed by atoms with Gasteiger partial charge < -0.3 is 14.7 Å². The van der Waals surface area contributed by atoms with Crippen LogP contribution in [0.25, 0.3) is 10.5 Å². The Morgan fingerprint density at radius 1 is 1.41 bits per heavy atom. The van der Waals surface area contributed by atoms with Crippen molar-refractivity contribution in [2.45, 2.75) is 20.5 Å². The maximum atomic E-state index is 11.5. The molecule has 140 valence electrons. The van der Waals surface area contributed by atoms with Crippen molar-refractivity contribution in [1.82, 2.24) is 14.6 Å². The van der Waals surface area contributed by atoms with Gasteiger partial charge in [-0.15, -0.1) is 0 Å². The van der Waals surface area contributed by atoms with E-state index in [1.54, 1.807) is 22.7 Å². The molecule has 3 rings (SSSR count). The number of hydrogen-bond donors (Lipinski definition) is 1. The van der Waals surface area contributed by atoms with Gasteiger partial charge >= 0.3 is 5.97 Å². The Kier molecular flexibility index (Phi) is 5.51. The lowest BCUT2D eigenvalue weighted by atomic mass is 10.0. The van der Waals surface area contributed by atoms with Crippen LogP contribution < -0.4 is 0 Å². The van der Waals surface area contributed by atoms with Crippen molar-refractivity contribution < 1.29 is 19.5 Å². The van der Waals surface area contributed by atoms with Crippen LogP contribution in [0.3, 0.4) is 0 Å². The zero-order chi connectivity index (χ0) is 19.4. The summed E-state index contributed by atoms with van der Waals surface area (Å²) in [6.45, 7) is 3.92. The van der Waals surface area contributed by atoms with E-state index < -0.39 is 5.97 Å². The van der Waals surface area contributed by atoms with Crippen LogP contribution in [0.1, 0.15) is 28.6 Å². The molecule has 0 spiro atoms. The van der Waals surface area contributed by atoms with Crippen molar-refractivity contribution >= 4 is 33.6 Å². The fourth-order valence-corrected chi connectivity index (χ4v) is 3.62. The molecule has 3 aromatic rings. The Morgan fingerprint density at radius 2 is 2.19 bits per heavy atom. The summed E-state index contributed by atoms with van der Waals surface area (Å²) in [4.78, 5) is 23.0. The molecule has 2 aromatic heterocycles. The maximum Gasteiger partial charge on any atom is 0.339 e. The van der Waals surface area contributed by atoms with E-state index in [-0.39, 0.29) is 12.2 Å². The molecule has 0 radical (unpaired) electrons. The van der Waals surface area contributed by atoms with E-state index in [0.29, 0.717) is 16.8 Å². The highest BCUT2D eigenvalue weighted by Gasteiger charge is 2.16. The summed E-state index contributed by atoms with van der Waals surface area (Å²) in [6.07, 6.45) is 2.70. The van der Waals surface area contributed by atoms with Crippen LogP contribution in [0.5, 0.6) is 0 Å². The van der Waals surface area contributed by atoms with E-state index in [9.17, 15) is 9.90 Å². The van der Waals surface area contributed by atoms with E-state index in [2.05, 4.69) is 15.2 Å². The van der Waals surface area contributed by atoms with E-state index >= 15 is 0 Å². The molecule has 0 aliphatic rings. The molecule has 0 saturated carbocycles. The van der Waals surface area contributed by atoms with Crippen molar-refractivity contribution in [3.63, 3.8) is 0 Å². The van der Waals surface area contributed by atoms with Gasteiger partial charge in [-0.25, -0.2) is 14.3 Å². The second-order valence-electron chi connectivity index (χ2n) is 5.64. The lowest BCUT2D eigenvalue weighted by Crippen LogP contribution is -2.06. The van der Waals surface area contributed by atoms with E-state index in [1.807, 2.05) is 19.9 Å². The number of nitrogens with zero attached hydrogens (tertiary/aromatic N) is 4. The summed E-state index contributed by atoms with van der Waals surface area (Å²) < 4.78 is 6.61. The second-order valence-corrected chi connectivity index (χ2v) is 6.82. The summed E-state index contributed by atoms with van der Waals surface area (Å²) in [5, 5.41) is 17.8. The van der Waals surface area contributed by atoms with Crippen molar-refractivity contribution in [2.75, 3.05) is 7.11 Å². The topological polar surface area (TPSA) is 98.3 Å². The summed E-state index contributed by atoms with van der Waals surface area (Å²) in [5.41, 5.74) is 2.76. The number of carbonyl (C=O) groups is 1. The second kappa shape index (κ2) is 8.00. The SMILES string of the molecule is COC=C(C(=O)O)c1ccccc1CON=C(C)c1c(C)sc2ncnn12. The summed E-state index contributed by atoms with van der Waals surface area (Å²) in [5.74, 6) is -1.08. The number of fused-ring (bicyclic) bond motifs is 1. The highest BCUT2D eigenvalue weighted by Crippen LogP contribution is 2.22. The highest BCUT2D eigenvalue weighted by atomic mass is 32.1. The number of aromatic nitrogens is 3. The number of methoxy groups -OCH3 is 1. The van der Waals surface area contributed by atoms with E-state index in [0.717, 1.165) is 15.5 Å². The summed E-state index contributed by atoms with van der Waals surface area (Å²) in [6, 6.07) is 7.07. The van der Waals surface area contributed by atoms with Gasteiger partial charge in [-0.05, 0) is 19.4 Å². The minimum Gasteiger partial charge on any atom is -0.503 e. The molecular formula is C18H18N4O4S. The molecule has 0 amide bonds. The third-order valence-electron chi connectivity index (χ3n) is 3.84. The predicted octanol–water partition coefficient (Wildman–Crippen LogP) is 3.11. The van der Waals surface area contributed by atoms with Crippen LogP contribution in [-0.4, -0.2) is 38.5 Å². The van der Waals surface area contributed by atoms with Gasteiger partial charge in [0.15, 0.2) is 0 Å². The Balaban J connectivity index is 1.82. The van der Waals surface area contributed by atoms with E-state index in [4.69, 9.17) is 9.57 Å². The molecule has 0 atom stereocenters. The normalized spacial score (nSPS) is 12.4. The first kappa shape index (κ1) is 18.6. The smallest absolute Gasteiger partial charge is 0.339 e. The molecule has 8 nitrogen and oxygen atoms in total. The number of ether oxygens (including phenoxy) is 1. The minimum absolute atomic E-state index is 0.0513. The van der Waals surface area contributed by atoms with Gasteiger partial charge in [0.25, 0.3) is 0 Å². The number of carboxylic acid groups (broad SMARTS) is 1. The Hall–Kier alpha value is -3.20. The molecule has 2 heterocycles. The molecule has 1 aromatic carbocycles. The van der Waals surface area contributed by atoms with Crippen LogP contribution in [0.15, 0.2) is 42.0 Å². The van der Waals surface area contributed by atoms with E-state index in [1.165, 1.54) is 31.0 Å². The Morgan fingerprint density at radius 3 is 2.93 bits per heavy atom. The van der Waals surface area contributed by atoms with Gasteiger partial charge in [0, 0.05) is 10.4 Å². The van der Waals surface area contributed by atoms with Crippen molar-refractivity contribution in [2.24, 2.45) is 5.16 Å². The van der Waals surface area contributed by atoms with Gasteiger partial charge in [0.05, 0.1) is 13.4 Å². The number of rotatable bonds is 7.